The molecule has 1 aromatic carbocycles. The van der Waals surface area contributed by atoms with Gasteiger partial charge in [-0.15, -0.1) is 0 Å². The maximum absolute atomic E-state index is 12.7. The summed E-state index contributed by atoms with van der Waals surface area (Å²) in [7, 11) is 1.49. The SMILES string of the molecule is CCOC(=O)Cn1c(=O)cc(C)n(-c2ccccc2OC)c1=O. The van der Waals surface area contributed by atoms with Crippen LogP contribution in [0.3, 0.4) is 0 Å². The third kappa shape index (κ3) is 3.33. The Bertz CT molecular complexity index is 835. The predicted molar refractivity (Wildman–Crippen MR) is 84.2 cm³/mol. The third-order valence-electron chi connectivity index (χ3n) is 3.29. The molecule has 0 aliphatic heterocycles. The van der Waals surface area contributed by atoms with Gasteiger partial charge in [-0.3, -0.25) is 14.2 Å². The number of aromatic nitrogens is 2. The van der Waals surface area contributed by atoms with Crippen molar-refractivity contribution in [2.24, 2.45) is 0 Å². The third-order valence-corrected chi connectivity index (χ3v) is 3.29. The number of benzene rings is 1. The van der Waals surface area contributed by atoms with Gasteiger partial charge in [-0.1, -0.05) is 12.1 Å². The molecular formula is C16H18N2O5. The van der Waals surface area contributed by atoms with Crippen LogP contribution in [0, 0.1) is 6.92 Å². The van der Waals surface area contributed by atoms with Crippen molar-refractivity contribution in [1.82, 2.24) is 9.13 Å². The second-order valence-electron chi connectivity index (χ2n) is 4.80. The fourth-order valence-corrected chi connectivity index (χ4v) is 2.28. The number of aryl methyl sites for hydroxylation is 1. The number of ether oxygens (including phenoxy) is 2. The van der Waals surface area contributed by atoms with Gasteiger partial charge in [0.25, 0.3) is 5.56 Å². The van der Waals surface area contributed by atoms with Crippen molar-refractivity contribution in [3.63, 3.8) is 0 Å². The summed E-state index contributed by atoms with van der Waals surface area (Å²) in [6.45, 7) is 3.05. The van der Waals surface area contributed by atoms with Gasteiger partial charge in [0.05, 0.1) is 19.4 Å². The van der Waals surface area contributed by atoms with E-state index in [-0.39, 0.29) is 6.61 Å². The van der Waals surface area contributed by atoms with Crippen LogP contribution in [0.5, 0.6) is 5.75 Å². The van der Waals surface area contributed by atoms with E-state index in [0.29, 0.717) is 17.1 Å². The molecule has 0 spiro atoms. The Kier molecular flexibility index (Phi) is 5.00. The topological polar surface area (TPSA) is 79.5 Å². The minimum atomic E-state index is -0.637. The molecular weight excluding hydrogens is 300 g/mol. The zero-order valence-electron chi connectivity index (χ0n) is 13.2. The van der Waals surface area contributed by atoms with E-state index in [1.54, 1.807) is 38.1 Å². The van der Waals surface area contributed by atoms with Crippen LogP contribution in [0.4, 0.5) is 0 Å². The second-order valence-corrected chi connectivity index (χ2v) is 4.80. The maximum atomic E-state index is 12.7. The standard InChI is InChI=1S/C16H18N2O5/c1-4-23-15(20)10-17-14(19)9-11(2)18(16(17)21)12-7-5-6-8-13(12)22-3/h5-9H,4,10H2,1-3H3. The maximum Gasteiger partial charge on any atom is 0.336 e. The van der Waals surface area contributed by atoms with Crippen molar-refractivity contribution in [3.05, 3.63) is 56.9 Å². The van der Waals surface area contributed by atoms with E-state index >= 15 is 0 Å². The van der Waals surface area contributed by atoms with Crippen LogP contribution in [-0.4, -0.2) is 28.8 Å². The summed E-state index contributed by atoms with van der Waals surface area (Å²) >= 11 is 0. The molecule has 0 saturated heterocycles. The molecule has 2 aromatic rings. The highest BCUT2D eigenvalue weighted by Crippen LogP contribution is 2.21. The van der Waals surface area contributed by atoms with Gasteiger partial charge in [0.2, 0.25) is 0 Å². The smallest absolute Gasteiger partial charge is 0.336 e. The monoisotopic (exact) mass is 318 g/mol. The minimum Gasteiger partial charge on any atom is -0.495 e. The van der Waals surface area contributed by atoms with Crippen LogP contribution in [0.15, 0.2) is 39.9 Å². The number of hydrogen-bond acceptors (Lipinski definition) is 5. The van der Waals surface area contributed by atoms with Crippen molar-refractivity contribution in [2.75, 3.05) is 13.7 Å². The molecule has 0 N–H and O–H groups in total. The number of nitrogens with zero attached hydrogens (tertiary/aromatic N) is 2. The zero-order valence-corrected chi connectivity index (χ0v) is 13.2. The van der Waals surface area contributed by atoms with Gasteiger partial charge in [0.1, 0.15) is 12.3 Å². The number of carbonyl (C=O) groups excluding carboxylic acids is 1. The molecule has 2 rings (SSSR count). The number of carbonyl (C=O) groups is 1. The quantitative estimate of drug-likeness (QED) is 0.765. The van der Waals surface area contributed by atoms with E-state index in [1.807, 2.05) is 0 Å². The lowest BCUT2D eigenvalue weighted by Gasteiger charge is -2.15. The predicted octanol–water partition coefficient (Wildman–Crippen LogP) is 0.879. The molecule has 0 aliphatic rings. The van der Waals surface area contributed by atoms with Crippen molar-refractivity contribution in [1.29, 1.82) is 0 Å². The molecule has 0 amide bonds. The largest absolute Gasteiger partial charge is 0.495 e. The van der Waals surface area contributed by atoms with Crippen LogP contribution in [-0.2, 0) is 16.1 Å². The Labute approximate surface area is 132 Å². The summed E-state index contributed by atoms with van der Waals surface area (Å²) in [5.74, 6) is -0.152. The molecule has 7 nitrogen and oxygen atoms in total. The Morgan fingerprint density at radius 3 is 2.57 bits per heavy atom. The Morgan fingerprint density at radius 1 is 1.22 bits per heavy atom. The molecule has 0 radical (unpaired) electrons. The van der Waals surface area contributed by atoms with Gasteiger partial charge in [0, 0.05) is 11.8 Å². The van der Waals surface area contributed by atoms with Crippen molar-refractivity contribution < 1.29 is 14.3 Å². The van der Waals surface area contributed by atoms with Crippen LogP contribution in [0.25, 0.3) is 5.69 Å². The molecule has 1 heterocycles. The molecule has 122 valence electrons. The van der Waals surface area contributed by atoms with E-state index in [1.165, 1.54) is 17.7 Å². The van der Waals surface area contributed by atoms with E-state index in [4.69, 9.17) is 9.47 Å². The molecule has 0 saturated carbocycles. The van der Waals surface area contributed by atoms with E-state index in [9.17, 15) is 14.4 Å². The summed E-state index contributed by atoms with van der Waals surface area (Å²) in [4.78, 5) is 36.3. The van der Waals surface area contributed by atoms with Crippen molar-refractivity contribution >= 4 is 5.97 Å². The summed E-state index contributed by atoms with van der Waals surface area (Å²) in [5.41, 5.74) is -0.223. The molecule has 0 aliphatic carbocycles. The van der Waals surface area contributed by atoms with Crippen molar-refractivity contribution in [3.8, 4) is 11.4 Å². The Morgan fingerprint density at radius 2 is 1.91 bits per heavy atom. The normalized spacial score (nSPS) is 10.4. The number of rotatable bonds is 5. The average Bonchev–Trinajstić information content (AvgIpc) is 2.52. The van der Waals surface area contributed by atoms with Crippen LogP contribution >= 0.6 is 0 Å². The average molecular weight is 318 g/mol. The molecule has 23 heavy (non-hydrogen) atoms. The molecule has 1 aromatic heterocycles. The summed E-state index contributed by atoms with van der Waals surface area (Å²) in [6.07, 6.45) is 0. The molecule has 0 bridgehead atoms. The van der Waals surface area contributed by atoms with Gasteiger partial charge in [-0.05, 0) is 26.0 Å². The molecule has 0 fully saturated rings. The molecule has 7 heteroatoms. The number of esters is 1. The second kappa shape index (κ2) is 6.95. The first kappa shape index (κ1) is 16.5. The van der Waals surface area contributed by atoms with Gasteiger partial charge < -0.3 is 9.47 Å². The van der Waals surface area contributed by atoms with Crippen LogP contribution in [0.2, 0.25) is 0 Å². The van der Waals surface area contributed by atoms with Crippen molar-refractivity contribution in [2.45, 2.75) is 20.4 Å². The van der Waals surface area contributed by atoms with Gasteiger partial charge in [0.15, 0.2) is 0 Å². The first-order valence-corrected chi connectivity index (χ1v) is 7.12. The van der Waals surface area contributed by atoms with Gasteiger partial charge in [-0.2, -0.15) is 0 Å². The zero-order chi connectivity index (χ0) is 17.0. The Balaban J connectivity index is 2.64. The van der Waals surface area contributed by atoms with E-state index < -0.39 is 23.8 Å². The highest BCUT2D eigenvalue weighted by atomic mass is 16.5. The van der Waals surface area contributed by atoms with Gasteiger partial charge in [-0.25, -0.2) is 9.36 Å². The minimum absolute atomic E-state index is 0.181. The first-order chi connectivity index (χ1) is 11.0. The van der Waals surface area contributed by atoms with Crippen LogP contribution in [0.1, 0.15) is 12.6 Å². The summed E-state index contributed by atoms with van der Waals surface area (Å²) in [5, 5.41) is 0. The lowest BCUT2D eigenvalue weighted by atomic mass is 10.2. The summed E-state index contributed by atoms with van der Waals surface area (Å²) in [6, 6.07) is 8.24. The Hall–Kier alpha value is -2.83. The van der Waals surface area contributed by atoms with Crippen LogP contribution < -0.4 is 16.0 Å². The number of para-hydroxylation sites is 2. The first-order valence-electron chi connectivity index (χ1n) is 7.12. The lowest BCUT2D eigenvalue weighted by molar-refractivity contribution is -0.143. The summed E-state index contributed by atoms with van der Waals surface area (Å²) < 4.78 is 12.2. The van der Waals surface area contributed by atoms with E-state index in [2.05, 4.69) is 0 Å². The lowest BCUT2D eigenvalue weighted by Crippen LogP contribution is -2.41. The molecule has 0 unspecified atom stereocenters. The number of methoxy groups -OCH3 is 1. The molecule has 0 atom stereocenters. The fourth-order valence-electron chi connectivity index (χ4n) is 2.28. The van der Waals surface area contributed by atoms with E-state index in [0.717, 1.165) is 4.57 Å². The highest BCUT2D eigenvalue weighted by molar-refractivity contribution is 5.69. The number of hydrogen-bond donors (Lipinski definition) is 0. The highest BCUT2D eigenvalue weighted by Gasteiger charge is 2.16. The van der Waals surface area contributed by atoms with Gasteiger partial charge >= 0.3 is 11.7 Å². The fraction of sp³-hybridized carbons (Fsp3) is 0.312.